The number of carbonyl (C=O) groups excluding carboxylic acids is 2. The average Bonchev–Trinajstić information content (AvgIpc) is 2.63. The number of carbonyl (C=O) groups is 2. The maximum atomic E-state index is 12.2. The molecule has 2 amide bonds. The van der Waals surface area contributed by atoms with Gasteiger partial charge in [0.15, 0.2) is 0 Å². The molecule has 0 radical (unpaired) electrons. The summed E-state index contributed by atoms with van der Waals surface area (Å²) >= 11 is 0. The molecule has 1 aliphatic rings. The Balaban J connectivity index is 1.55. The van der Waals surface area contributed by atoms with Gasteiger partial charge in [0.2, 0.25) is 0 Å². The van der Waals surface area contributed by atoms with Crippen LogP contribution in [0.2, 0.25) is 0 Å². The van der Waals surface area contributed by atoms with Crippen LogP contribution in [0.25, 0.3) is 0 Å². The van der Waals surface area contributed by atoms with Crippen LogP contribution in [0.15, 0.2) is 48.8 Å². The second-order valence-corrected chi connectivity index (χ2v) is 5.94. The Hall–Kier alpha value is -2.76. The summed E-state index contributed by atoms with van der Waals surface area (Å²) in [4.78, 5) is 32.5. The molecule has 1 aliphatic carbocycles. The van der Waals surface area contributed by atoms with Crippen LogP contribution in [0.3, 0.4) is 0 Å². The predicted molar refractivity (Wildman–Crippen MR) is 89.5 cm³/mol. The van der Waals surface area contributed by atoms with Gasteiger partial charge in [0.1, 0.15) is 11.4 Å². The molecule has 2 aromatic heterocycles. The van der Waals surface area contributed by atoms with Gasteiger partial charge in [-0.25, -0.2) is 0 Å². The first-order valence-electron chi connectivity index (χ1n) is 8.16. The smallest absolute Gasteiger partial charge is 0.270 e. The van der Waals surface area contributed by atoms with E-state index in [-0.39, 0.29) is 23.9 Å². The van der Waals surface area contributed by atoms with E-state index in [0.29, 0.717) is 11.4 Å². The number of rotatable bonds is 4. The lowest BCUT2D eigenvalue weighted by molar-refractivity contribution is 0.0897. The third-order valence-corrected chi connectivity index (χ3v) is 4.14. The zero-order valence-corrected chi connectivity index (χ0v) is 13.3. The highest BCUT2D eigenvalue weighted by Crippen LogP contribution is 2.19. The van der Waals surface area contributed by atoms with Gasteiger partial charge in [-0.15, -0.1) is 0 Å². The summed E-state index contributed by atoms with van der Waals surface area (Å²) in [6.45, 7) is 0. The Bertz CT molecular complexity index is 631. The molecule has 6 nitrogen and oxygen atoms in total. The summed E-state index contributed by atoms with van der Waals surface area (Å²) in [5.41, 5.74) is 0.828. The third-order valence-electron chi connectivity index (χ3n) is 4.14. The molecule has 3 rings (SSSR count). The molecule has 1 saturated carbocycles. The summed E-state index contributed by atoms with van der Waals surface area (Å²) in [6, 6.07) is 10.6. The number of hydrogen-bond acceptors (Lipinski definition) is 4. The second kappa shape index (κ2) is 7.68. The fourth-order valence-electron chi connectivity index (χ4n) is 2.96. The normalized spacial score (nSPS) is 20.2. The van der Waals surface area contributed by atoms with Crippen LogP contribution in [0.1, 0.15) is 46.7 Å². The van der Waals surface area contributed by atoms with Gasteiger partial charge in [-0.3, -0.25) is 19.6 Å². The lowest BCUT2D eigenvalue weighted by Gasteiger charge is -2.30. The van der Waals surface area contributed by atoms with Gasteiger partial charge < -0.3 is 10.6 Å². The van der Waals surface area contributed by atoms with Crippen molar-refractivity contribution in [1.29, 1.82) is 0 Å². The SMILES string of the molecule is O=C(N[C@@H]1CCC[C@@H](NC(=O)c2ccccn2)C1)c1ccccn1. The van der Waals surface area contributed by atoms with Crippen LogP contribution < -0.4 is 10.6 Å². The van der Waals surface area contributed by atoms with Crippen LogP contribution in [-0.4, -0.2) is 33.9 Å². The molecule has 0 unspecified atom stereocenters. The van der Waals surface area contributed by atoms with Gasteiger partial charge in [0.25, 0.3) is 11.8 Å². The van der Waals surface area contributed by atoms with E-state index in [1.54, 1.807) is 48.8 Å². The van der Waals surface area contributed by atoms with Crippen LogP contribution in [0.4, 0.5) is 0 Å². The van der Waals surface area contributed by atoms with E-state index in [4.69, 9.17) is 0 Å². The standard InChI is InChI=1S/C18H20N4O2/c23-17(15-8-1-3-10-19-15)21-13-6-5-7-14(12-13)22-18(24)16-9-2-4-11-20-16/h1-4,8-11,13-14H,5-7,12H2,(H,21,23)(H,22,24)/t13-,14-/m1/s1. The monoisotopic (exact) mass is 324 g/mol. The van der Waals surface area contributed by atoms with Crippen molar-refractivity contribution in [2.75, 3.05) is 0 Å². The molecule has 0 saturated heterocycles. The van der Waals surface area contributed by atoms with Gasteiger partial charge in [-0.05, 0) is 49.9 Å². The first-order chi connectivity index (χ1) is 11.7. The van der Waals surface area contributed by atoms with Crippen molar-refractivity contribution in [2.45, 2.75) is 37.8 Å². The maximum Gasteiger partial charge on any atom is 0.270 e. The molecule has 24 heavy (non-hydrogen) atoms. The quantitative estimate of drug-likeness (QED) is 0.900. The van der Waals surface area contributed by atoms with Crippen molar-refractivity contribution >= 4 is 11.8 Å². The molecule has 1 fully saturated rings. The summed E-state index contributed by atoms with van der Waals surface area (Å²) in [7, 11) is 0. The molecular formula is C18H20N4O2. The maximum absolute atomic E-state index is 12.2. The van der Waals surface area contributed by atoms with Gasteiger partial charge in [-0.2, -0.15) is 0 Å². The fraction of sp³-hybridized carbons (Fsp3) is 0.333. The Morgan fingerprint density at radius 3 is 1.75 bits per heavy atom. The molecule has 2 heterocycles. The van der Waals surface area contributed by atoms with Crippen molar-refractivity contribution in [1.82, 2.24) is 20.6 Å². The van der Waals surface area contributed by atoms with E-state index in [1.807, 2.05) is 0 Å². The van der Waals surface area contributed by atoms with Crippen molar-refractivity contribution < 1.29 is 9.59 Å². The van der Waals surface area contributed by atoms with Crippen LogP contribution >= 0.6 is 0 Å². The molecule has 6 heteroatoms. The first kappa shape index (κ1) is 16.1. The van der Waals surface area contributed by atoms with Crippen LogP contribution in [0.5, 0.6) is 0 Å². The summed E-state index contributed by atoms with van der Waals surface area (Å²) in [5.74, 6) is -0.338. The van der Waals surface area contributed by atoms with E-state index in [1.165, 1.54) is 0 Å². The molecule has 0 bridgehead atoms. The molecule has 2 atom stereocenters. The topological polar surface area (TPSA) is 84.0 Å². The molecule has 2 N–H and O–H groups in total. The molecule has 124 valence electrons. The highest BCUT2D eigenvalue weighted by atomic mass is 16.2. The van der Waals surface area contributed by atoms with Gasteiger partial charge in [0, 0.05) is 24.5 Å². The fourth-order valence-corrected chi connectivity index (χ4v) is 2.96. The van der Waals surface area contributed by atoms with E-state index in [2.05, 4.69) is 20.6 Å². The molecule has 0 spiro atoms. The van der Waals surface area contributed by atoms with E-state index >= 15 is 0 Å². The summed E-state index contributed by atoms with van der Waals surface area (Å²) < 4.78 is 0. The molecular weight excluding hydrogens is 304 g/mol. The van der Waals surface area contributed by atoms with Crippen LogP contribution in [0, 0.1) is 0 Å². The molecule has 0 aliphatic heterocycles. The minimum atomic E-state index is -0.169. The highest BCUT2D eigenvalue weighted by Gasteiger charge is 2.25. The zero-order valence-electron chi connectivity index (χ0n) is 13.3. The van der Waals surface area contributed by atoms with Gasteiger partial charge in [0.05, 0.1) is 0 Å². The minimum absolute atomic E-state index is 0.0438. The predicted octanol–water partition coefficient (Wildman–Crippen LogP) is 1.95. The van der Waals surface area contributed by atoms with Crippen molar-refractivity contribution in [3.05, 3.63) is 60.2 Å². The van der Waals surface area contributed by atoms with E-state index in [0.717, 1.165) is 25.7 Å². The molecule has 2 aromatic rings. The highest BCUT2D eigenvalue weighted by molar-refractivity contribution is 5.93. The van der Waals surface area contributed by atoms with Crippen LogP contribution in [-0.2, 0) is 0 Å². The number of hydrogen-bond donors (Lipinski definition) is 2. The van der Waals surface area contributed by atoms with Crippen molar-refractivity contribution in [3.63, 3.8) is 0 Å². The lowest BCUT2D eigenvalue weighted by atomic mass is 9.90. The largest absolute Gasteiger partial charge is 0.348 e. The summed E-state index contributed by atoms with van der Waals surface area (Å²) in [6.07, 6.45) is 6.71. The van der Waals surface area contributed by atoms with E-state index < -0.39 is 0 Å². The number of pyridine rings is 2. The van der Waals surface area contributed by atoms with Gasteiger partial charge in [-0.1, -0.05) is 12.1 Å². The minimum Gasteiger partial charge on any atom is -0.348 e. The number of nitrogens with one attached hydrogen (secondary N) is 2. The third kappa shape index (κ3) is 4.16. The zero-order chi connectivity index (χ0) is 16.8. The Morgan fingerprint density at radius 2 is 1.33 bits per heavy atom. The number of aromatic nitrogens is 2. The first-order valence-corrected chi connectivity index (χ1v) is 8.16. The number of amides is 2. The second-order valence-electron chi connectivity index (χ2n) is 5.94. The number of nitrogens with zero attached hydrogens (tertiary/aromatic N) is 2. The molecule has 0 aromatic carbocycles. The Morgan fingerprint density at radius 1 is 0.833 bits per heavy atom. The Labute approximate surface area is 140 Å². The van der Waals surface area contributed by atoms with Crippen molar-refractivity contribution in [3.8, 4) is 0 Å². The lowest BCUT2D eigenvalue weighted by Crippen LogP contribution is -2.46. The average molecular weight is 324 g/mol. The van der Waals surface area contributed by atoms with Crippen molar-refractivity contribution in [2.24, 2.45) is 0 Å². The van der Waals surface area contributed by atoms with E-state index in [9.17, 15) is 9.59 Å². The Kier molecular flexibility index (Phi) is 5.15. The van der Waals surface area contributed by atoms with Gasteiger partial charge >= 0.3 is 0 Å². The summed E-state index contributed by atoms with van der Waals surface area (Å²) in [5, 5.41) is 6.02.